The molecule has 0 saturated heterocycles. The second-order valence-electron chi connectivity index (χ2n) is 2.94. The lowest BCUT2D eigenvalue weighted by molar-refractivity contribution is 0.863. The second-order valence-corrected chi connectivity index (χ2v) is 3.73. The van der Waals surface area contributed by atoms with Gasteiger partial charge in [0.25, 0.3) is 0 Å². The van der Waals surface area contributed by atoms with Gasteiger partial charge in [0.15, 0.2) is 5.65 Å². The van der Waals surface area contributed by atoms with Crippen LogP contribution in [-0.2, 0) is 0 Å². The zero-order valence-electron chi connectivity index (χ0n) is 7.76. The normalized spacial score (nSPS) is 10.7. The van der Waals surface area contributed by atoms with E-state index in [4.69, 9.17) is 0 Å². The van der Waals surface area contributed by atoms with Gasteiger partial charge in [-0.25, -0.2) is 0 Å². The van der Waals surface area contributed by atoms with Gasteiger partial charge >= 0.3 is 0 Å². The van der Waals surface area contributed by atoms with Crippen molar-refractivity contribution >= 4 is 27.4 Å². The molecule has 14 heavy (non-hydrogen) atoms. The van der Waals surface area contributed by atoms with E-state index in [0.29, 0.717) is 0 Å². The minimum absolute atomic E-state index is 0.765. The van der Waals surface area contributed by atoms with Gasteiger partial charge in [0.1, 0.15) is 12.1 Å². The van der Waals surface area contributed by atoms with Crippen LogP contribution in [0.2, 0.25) is 0 Å². The van der Waals surface area contributed by atoms with Gasteiger partial charge in [-0.15, -0.1) is 15.3 Å². The number of anilines is 1. The highest BCUT2D eigenvalue weighted by Gasteiger charge is 2.03. The third kappa shape index (κ3) is 1.70. The van der Waals surface area contributed by atoms with Crippen LogP contribution in [0.5, 0.6) is 0 Å². The molecule has 0 atom stereocenters. The fourth-order valence-corrected chi connectivity index (χ4v) is 1.70. The maximum atomic E-state index is 4.35. The molecule has 2 rings (SSSR count). The number of aromatic nitrogens is 4. The Hall–Kier alpha value is -1.17. The van der Waals surface area contributed by atoms with Crippen molar-refractivity contribution in [2.24, 2.45) is 0 Å². The van der Waals surface area contributed by atoms with Gasteiger partial charge < -0.3 is 4.90 Å². The molecule has 0 aliphatic heterocycles. The topological polar surface area (TPSA) is 46.3 Å². The molecule has 0 bridgehead atoms. The second kappa shape index (κ2) is 3.91. The molecule has 0 aliphatic rings. The van der Waals surface area contributed by atoms with Crippen molar-refractivity contribution in [1.82, 2.24) is 19.8 Å². The molecule has 0 aromatic carbocycles. The van der Waals surface area contributed by atoms with Crippen LogP contribution in [0.25, 0.3) is 5.65 Å². The Morgan fingerprint density at radius 1 is 1.50 bits per heavy atom. The Morgan fingerprint density at radius 3 is 3.14 bits per heavy atom. The SMILES string of the molecule is CN(CCBr)c1ccc2nncn2n1. The third-order valence-electron chi connectivity index (χ3n) is 1.96. The van der Waals surface area contributed by atoms with Gasteiger partial charge in [-0.2, -0.15) is 4.52 Å². The van der Waals surface area contributed by atoms with Gasteiger partial charge in [-0.1, -0.05) is 15.9 Å². The lowest BCUT2D eigenvalue weighted by Gasteiger charge is -2.15. The van der Waals surface area contributed by atoms with Crippen molar-refractivity contribution in [3.05, 3.63) is 18.5 Å². The molecule has 0 saturated carbocycles. The van der Waals surface area contributed by atoms with Crippen LogP contribution < -0.4 is 4.90 Å². The largest absolute Gasteiger partial charge is 0.357 e. The Kier molecular flexibility index (Phi) is 2.62. The molecule has 74 valence electrons. The summed E-state index contributed by atoms with van der Waals surface area (Å²) in [5.41, 5.74) is 0.765. The molecule has 5 nitrogen and oxygen atoms in total. The molecule has 0 fully saturated rings. The summed E-state index contributed by atoms with van der Waals surface area (Å²) in [4.78, 5) is 2.06. The van der Waals surface area contributed by atoms with Gasteiger partial charge in [0, 0.05) is 18.9 Å². The zero-order valence-corrected chi connectivity index (χ0v) is 9.35. The number of fused-ring (bicyclic) bond motifs is 1. The minimum atomic E-state index is 0.765. The Bertz CT molecular complexity index is 426. The summed E-state index contributed by atoms with van der Waals surface area (Å²) in [7, 11) is 2.00. The van der Waals surface area contributed by atoms with E-state index in [2.05, 4.69) is 36.1 Å². The summed E-state index contributed by atoms with van der Waals surface area (Å²) in [5, 5.41) is 12.9. The van der Waals surface area contributed by atoms with Crippen LogP contribution in [0.1, 0.15) is 0 Å². The molecule has 6 heteroatoms. The molecule has 2 heterocycles. The van der Waals surface area contributed by atoms with Crippen LogP contribution in [0.4, 0.5) is 5.82 Å². The van der Waals surface area contributed by atoms with Crippen LogP contribution >= 0.6 is 15.9 Å². The molecule has 0 amide bonds. The summed E-state index contributed by atoms with van der Waals surface area (Å²) in [6.07, 6.45) is 1.60. The lowest BCUT2D eigenvalue weighted by atomic mass is 10.4. The fraction of sp³-hybridized carbons (Fsp3) is 0.375. The molecule has 0 aliphatic carbocycles. The first-order valence-electron chi connectivity index (χ1n) is 4.25. The molecule has 0 N–H and O–H groups in total. The molecule has 0 unspecified atom stereocenters. The minimum Gasteiger partial charge on any atom is -0.357 e. The van der Waals surface area contributed by atoms with E-state index in [1.54, 1.807) is 10.8 Å². The van der Waals surface area contributed by atoms with Crippen molar-refractivity contribution in [1.29, 1.82) is 0 Å². The maximum Gasteiger partial charge on any atom is 0.177 e. The number of rotatable bonds is 3. The summed E-state index contributed by atoms with van der Waals surface area (Å²) in [6.45, 7) is 0.917. The van der Waals surface area contributed by atoms with Gasteiger partial charge in [-0.3, -0.25) is 0 Å². The molecule has 2 aromatic rings. The Balaban J connectivity index is 2.33. The first-order valence-corrected chi connectivity index (χ1v) is 5.37. The van der Waals surface area contributed by atoms with E-state index in [-0.39, 0.29) is 0 Å². The summed E-state index contributed by atoms with van der Waals surface area (Å²) >= 11 is 3.39. The Labute approximate surface area is 89.9 Å². The molecular weight excluding hydrogens is 246 g/mol. The fourth-order valence-electron chi connectivity index (χ4n) is 1.16. The van der Waals surface area contributed by atoms with Crippen molar-refractivity contribution < 1.29 is 0 Å². The van der Waals surface area contributed by atoms with E-state index >= 15 is 0 Å². The third-order valence-corrected chi connectivity index (χ3v) is 2.31. The van der Waals surface area contributed by atoms with Crippen molar-refractivity contribution in [3.63, 3.8) is 0 Å². The highest BCUT2D eigenvalue weighted by molar-refractivity contribution is 9.09. The van der Waals surface area contributed by atoms with E-state index in [9.17, 15) is 0 Å². The van der Waals surface area contributed by atoms with Crippen molar-refractivity contribution in [2.75, 3.05) is 23.8 Å². The van der Waals surface area contributed by atoms with E-state index in [1.807, 2.05) is 19.2 Å². The summed E-state index contributed by atoms with van der Waals surface area (Å²) < 4.78 is 1.67. The Morgan fingerprint density at radius 2 is 2.36 bits per heavy atom. The predicted molar refractivity (Wildman–Crippen MR) is 57.8 cm³/mol. The van der Waals surface area contributed by atoms with Gasteiger partial charge in [0.05, 0.1) is 0 Å². The van der Waals surface area contributed by atoms with E-state index < -0.39 is 0 Å². The highest BCUT2D eigenvalue weighted by Crippen LogP contribution is 2.08. The maximum absolute atomic E-state index is 4.35. The highest BCUT2D eigenvalue weighted by atomic mass is 79.9. The quantitative estimate of drug-likeness (QED) is 0.767. The van der Waals surface area contributed by atoms with Crippen LogP contribution in [0, 0.1) is 0 Å². The number of alkyl halides is 1. The monoisotopic (exact) mass is 255 g/mol. The van der Waals surface area contributed by atoms with Crippen LogP contribution in [-0.4, -0.2) is 38.7 Å². The smallest absolute Gasteiger partial charge is 0.177 e. The first-order chi connectivity index (χ1) is 6.81. The van der Waals surface area contributed by atoms with Crippen molar-refractivity contribution in [2.45, 2.75) is 0 Å². The number of hydrogen-bond donors (Lipinski definition) is 0. The summed E-state index contributed by atoms with van der Waals surface area (Å²) in [6, 6.07) is 3.84. The lowest BCUT2D eigenvalue weighted by Crippen LogP contribution is -2.21. The van der Waals surface area contributed by atoms with E-state index in [0.717, 1.165) is 23.3 Å². The van der Waals surface area contributed by atoms with E-state index in [1.165, 1.54) is 0 Å². The molecule has 0 radical (unpaired) electrons. The number of hydrogen-bond acceptors (Lipinski definition) is 4. The predicted octanol–water partition coefficient (Wildman–Crippen LogP) is 0.955. The van der Waals surface area contributed by atoms with Gasteiger partial charge in [-0.05, 0) is 12.1 Å². The average Bonchev–Trinajstić information content (AvgIpc) is 2.64. The molecular formula is C8H10BrN5. The molecule has 0 spiro atoms. The molecule has 2 aromatic heterocycles. The van der Waals surface area contributed by atoms with Crippen LogP contribution in [0.15, 0.2) is 18.5 Å². The van der Waals surface area contributed by atoms with Gasteiger partial charge in [0.2, 0.25) is 0 Å². The number of nitrogens with zero attached hydrogens (tertiary/aromatic N) is 5. The van der Waals surface area contributed by atoms with Crippen LogP contribution in [0.3, 0.4) is 0 Å². The first kappa shape index (κ1) is 9.39. The van der Waals surface area contributed by atoms with Crippen molar-refractivity contribution in [3.8, 4) is 0 Å². The standard InChI is InChI=1S/C8H10BrN5/c1-13(5-4-9)8-3-2-7-11-10-6-14(7)12-8/h2-3,6H,4-5H2,1H3. The zero-order chi connectivity index (χ0) is 9.97. The average molecular weight is 256 g/mol. The summed E-state index contributed by atoms with van der Waals surface area (Å²) in [5.74, 6) is 0.914. The number of halogens is 1.